The van der Waals surface area contributed by atoms with Crippen molar-refractivity contribution in [1.82, 2.24) is 4.72 Å². The van der Waals surface area contributed by atoms with E-state index in [1.54, 1.807) is 0 Å². The van der Waals surface area contributed by atoms with Gasteiger partial charge in [0.2, 0.25) is 10.0 Å². The minimum atomic E-state index is -3.48. The van der Waals surface area contributed by atoms with Gasteiger partial charge in [-0.3, -0.25) is 4.79 Å². The first-order valence-corrected chi connectivity index (χ1v) is 6.66. The van der Waals surface area contributed by atoms with Crippen molar-refractivity contribution in [2.45, 2.75) is 39.7 Å². The monoisotopic (exact) mass is 237 g/mol. The molecule has 0 aliphatic heterocycles. The van der Waals surface area contributed by atoms with Crippen LogP contribution in [0.3, 0.4) is 0 Å². The van der Waals surface area contributed by atoms with Crippen LogP contribution in [0.5, 0.6) is 0 Å². The molecule has 0 aliphatic rings. The van der Waals surface area contributed by atoms with Gasteiger partial charge in [-0.2, -0.15) is 0 Å². The molecule has 0 aromatic heterocycles. The first-order valence-electron chi connectivity index (χ1n) is 5.01. The highest BCUT2D eigenvalue weighted by molar-refractivity contribution is 7.89. The van der Waals surface area contributed by atoms with E-state index in [1.165, 1.54) is 6.92 Å². The van der Waals surface area contributed by atoms with Crippen LogP contribution in [0.2, 0.25) is 0 Å². The molecule has 2 unspecified atom stereocenters. The number of aliphatic carboxylic acids is 1. The zero-order valence-electron chi connectivity index (χ0n) is 9.36. The van der Waals surface area contributed by atoms with Crippen molar-refractivity contribution in [2.75, 3.05) is 5.75 Å². The molecule has 2 atom stereocenters. The summed E-state index contributed by atoms with van der Waals surface area (Å²) in [6, 6.07) is -1.07. The molecular weight excluding hydrogens is 218 g/mol. The lowest BCUT2D eigenvalue weighted by atomic mass is 10.1. The fourth-order valence-electron chi connectivity index (χ4n) is 1.32. The first kappa shape index (κ1) is 14.4. The molecule has 0 fully saturated rings. The van der Waals surface area contributed by atoms with Gasteiger partial charge in [-0.25, -0.2) is 13.1 Å². The summed E-state index contributed by atoms with van der Waals surface area (Å²) in [4.78, 5) is 10.5. The Morgan fingerprint density at radius 1 is 1.40 bits per heavy atom. The Morgan fingerprint density at radius 3 is 2.33 bits per heavy atom. The van der Waals surface area contributed by atoms with Gasteiger partial charge in [0.25, 0.3) is 0 Å². The van der Waals surface area contributed by atoms with Crippen LogP contribution < -0.4 is 4.72 Å². The van der Waals surface area contributed by atoms with E-state index in [1.807, 2.05) is 13.8 Å². The van der Waals surface area contributed by atoms with Gasteiger partial charge in [0.15, 0.2) is 0 Å². The molecule has 0 radical (unpaired) electrons. The van der Waals surface area contributed by atoms with Gasteiger partial charge in [-0.05, 0) is 19.3 Å². The Morgan fingerprint density at radius 2 is 1.93 bits per heavy atom. The largest absolute Gasteiger partial charge is 0.480 e. The average molecular weight is 237 g/mol. The number of carboxylic acids is 1. The Balaban J connectivity index is 4.25. The van der Waals surface area contributed by atoms with Gasteiger partial charge >= 0.3 is 5.97 Å². The van der Waals surface area contributed by atoms with E-state index in [9.17, 15) is 13.2 Å². The van der Waals surface area contributed by atoms with Crippen molar-refractivity contribution >= 4 is 16.0 Å². The first-order chi connectivity index (χ1) is 6.78. The lowest BCUT2D eigenvalue weighted by Crippen LogP contribution is -2.40. The quantitative estimate of drug-likeness (QED) is 0.686. The number of sulfonamides is 1. The fourth-order valence-corrected chi connectivity index (χ4v) is 2.97. The number of rotatable bonds is 7. The minimum Gasteiger partial charge on any atom is -0.480 e. The molecule has 0 aliphatic carbocycles. The lowest BCUT2D eigenvalue weighted by molar-refractivity contribution is -0.138. The number of hydrogen-bond donors (Lipinski definition) is 2. The van der Waals surface area contributed by atoms with Gasteiger partial charge in [-0.1, -0.05) is 20.3 Å². The van der Waals surface area contributed by atoms with Gasteiger partial charge < -0.3 is 5.11 Å². The number of carboxylic acid groups (broad SMARTS) is 1. The van der Waals surface area contributed by atoms with Crippen LogP contribution in [-0.4, -0.2) is 31.3 Å². The van der Waals surface area contributed by atoms with E-state index < -0.39 is 22.0 Å². The third kappa shape index (κ3) is 6.46. The van der Waals surface area contributed by atoms with Crippen LogP contribution in [0.15, 0.2) is 0 Å². The molecule has 0 saturated heterocycles. The van der Waals surface area contributed by atoms with Crippen molar-refractivity contribution in [2.24, 2.45) is 5.92 Å². The van der Waals surface area contributed by atoms with Crippen LogP contribution >= 0.6 is 0 Å². The molecule has 0 saturated carbocycles. The normalized spacial score (nSPS) is 15.9. The number of nitrogens with one attached hydrogen (secondary N) is 1. The van der Waals surface area contributed by atoms with Gasteiger partial charge in [0.1, 0.15) is 6.04 Å². The van der Waals surface area contributed by atoms with E-state index in [0.29, 0.717) is 0 Å². The molecule has 15 heavy (non-hydrogen) atoms. The summed E-state index contributed by atoms with van der Waals surface area (Å²) in [5.41, 5.74) is 0. The molecule has 0 aromatic carbocycles. The SMILES string of the molecule is CCCC(C)CS(=O)(=O)NC(C)C(=O)O. The maximum Gasteiger partial charge on any atom is 0.321 e. The zero-order valence-corrected chi connectivity index (χ0v) is 10.2. The Bertz CT molecular complexity index is 299. The third-order valence-corrected chi connectivity index (χ3v) is 3.73. The summed E-state index contributed by atoms with van der Waals surface area (Å²) in [7, 11) is -3.48. The van der Waals surface area contributed by atoms with E-state index in [2.05, 4.69) is 4.72 Å². The molecule has 5 nitrogen and oxygen atoms in total. The molecule has 0 rings (SSSR count). The van der Waals surface area contributed by atoms with Gasteiger partial charge in [0.05, 0.1) is 5.75 Å². The molecule has 0 aromatic rings. The second-order valence-corrected chi connectivity index (χ2v) is 5.65. The van der Waals surface area contributed by atoms with Crippen LogP contribution in [-0.2, 0) is 14.8 Å². The van der Waals surface area contributed by atoms with E-state index in [4.69, 9.17) is 5.11 Å². The molecule has 0 amide bonds. The molecule has 2 N–H and O–H groups in total. The maximum absolute atomic E-state index is 11.5. The summed E-state index contributed by atoms with van der Waals surface area (Å²) < 4.78 is 25.0. The molecule has 0 spiro atoms. The number of hydrogen-bond acceptors (Lipinski definition) is 3. The van der Waals surface area contributed by atoms with Crippen LogP contribution in [0, 0.1) is 5.92 Å². The fraction of sp³-hybridized carbons (Fsp3) is 0.889. The predicted molar refractivity (Wildman–Crippen MR) is 58.1 cm³/mol. The molecule has 0 heterocycles. The summed E-state index contributed by atoms with van der Waals surface area (Å²) in [6.07, 6.45) is 1.74. The Hall–Kier alpha value is -0.620. The van der Waals surface area contributed by atoms with Crippen LogP contribution in [0.1, 0.15) is 33.6 Å². The third-order valence-electron chi connectivity index (χ3n) is 2.01. The van der Waals surface area contributed by atoms with Crippen molar-refractivity contribution in [3.05, 3.63) is 0 Å². The Kier molecular flexibility index (Phi) is 5.82. The highest BCUT2D eigenvalue weighted by Crippen LogP contribution is 2.07. The van der Waals surface area contributed by atoms with Crippen LogP contribution in [0.25, 0.3) is 0 Å². The lowest BCUT2D eigenvalue weighted by Gasteiger charge is -2.13. The highest BCUT2D eigenvalue weighted by Gasteiger charge is 2.21. The average Bonchev–Trinajstić information content (AvgIpc) is 2.01. The van der Waals surface area contributed by atoms with Crippen molar-refractivity contribution in [1.29, 1.82) is 0 Å². The van der Waals surface area contributed by atoms with Crippen molar-refractivity contribution in [3.63, 3.8) is 0 Å². The summed E-state index contributed by atoms with van der Waals surface area (Å²) in [5, 5.41) is 8.56. The zero-order chi connectivity index (χ0) is 12.1. The molecule has 6 heteroatoms. The molecule has 90 valence electrons. The highest BCUT2D eigenvalue weighted by atomic mass is 32.2. The van der Waals surface area contributed by atoms with E-state index in [0.717, 1.165) is 12.8 Å². The minimum absolute atomic E-state index is 0.0154. The summed E-state index contributed by atoms with van der Waals surface area (Å²) >= 11 is 0. The number of carbonyl (C=O) groups is 1. The smallest absolute Gasteiger partial charge is 0.321 e. The second kappa shape index (κ2) is 6.07. The van der Waals surface area contributed by atoms with Crippen molar-refractivity contribution < 1.29 is 18.3 Å². The standard InChI is InChI=1S/C9H19NO4S/c1-4-5-7(2)6-15(13,14)10-8(3)9(11)12/h7-8,10H,4-6H2,1-3H3,(H,11,12). The topological polar surface area (TPSA) is 83.5 Å². The summed E-state index contributed by atoms with van der Waals surface area (Å²) in [6.45, 7) is 5.13. The molecule has 0 bridgehead atoms. The molecular formula is C9H19NO4S. The summed E-state index contributed by atoms with van der Waals surface area (Å²) in [5.74, 6) is -1.13. The van der Waals surface area contributed by atoms with E-state index in [-0.39, 0.29) is 11.7 Å². The van der Waals surface area contributed by atoms with Crippen LogP contribution in [0.4, 0.5) is 0 Å². The van der Waals surface area contributed by atoms with Gasteiger partial charge in [-0.15, -0.1) is 0 Å². The predicted octanol–water partition coefficient (Wildman–Crippen LogP) is 0.815. The van der Waals surface area contributed by atoms with Gasteiger partial charge in [0, 0.05) is 0 Å². The Labute approximate surface area is 90.9 Å². The van der Waals surface area contributed by atoms with E-state index >= 15 is 0 Å². The maximum atomic E-state index is 11.5. The second-order valence-electron chi connectivity index (χ2n) is 3.85. The van der Waals surface area contributed by atoms with Crippen molar-refractivity contribution in [3.8, 4) is 0 Å².